The molecule has 0 aliphatic carbocycles. The number of nitrogens with zero attached hydrogens (tertiary/aromatic N) is 1. The van der Waals surface area contributed by atoms with Crippen LogP contribution in [0.4, 0.5) is 0 Å². The van der Waals surface area contributed by atoms with Crippen molar-refractivity contribution < 1.29 is 28.6 Å². The van der Waals surface area contributed by atoms with Gasteiger partial charge in [-0.3, -0.25) is 9.59 Å². The molecule has 26 heavy (non-hydrogen) atoms. The Bertz CT molecular complexity index is 734. The average molecular weight is 383 g/mol. The Morgan fingerprint density at radius 2 is 2.04 bits per heavy atom. The highest BCUT2D eigenvalue weighted by molar-refractivity contribution is 6.32. The van der Waals surface area contributed by atoms with Crippen LogP contribution >= 0.6 is 11.6 Å². The van der Waals surface area contributed by atoms with E-state index in [-0.39, 0.29) is 12.5 Å². The smallest absolute Gasteiger partial charge is 0.331 e. The van der Waals surface area contributed by atoms with E-state index in [1.165, 1.54) is 26.2 Å². The number of hydrogen-bond acceptors (Lipinski definition) is 6. The minimum absolute atomic E-state index is 0.113. The van der Waals surface area contributed by atoms with Gasteiger partial charge in [0, 0.05) is 20.2 Å². The summed E-state index contributed by atoms with van der Waals surface area (Å²) in [5.41, 5.74) is 0.624. The van der Waals surface area contributed by atoms with Gasteiger partial charge in [-0.25, -0.2) is 4.79 Å². The lowest BCUT2D eigenvalue weighted by molar-refractivity contribution is -0.148. The van der Waals surface area contributed by atoms with Crippen LogP contribution in [0.2, 0.25) is 5.02 Å². The molecule has 140 valence electrons. The molecule has 1 aliphatic heterocycles. The fourth-order valence-electron chi connectivity index (χ4n) is 2.07. The molecule has 0 fully saturated rings. The molecule has 1 heterocycles. The van der Waals surface area contributed by atoms with Crippen molar-refractivity contribution in [3.8, 4) is 11.5 Å². The highest BCUT2D eigenvalue weighted by Gasteiger charge is 2.16. The monoisotopic (exact) mass is 382 g/mol. The van der Waals surface area contributed by atoms with E-state index in [9.17, 15) is 14.4 Å². The van der Waals surface area contributed by atoms with Crippen LogP contribution in [0.25, 0.3) is 6.08 Å². The van der Waals surface area contributed by atoms with E-state index in [0.717, 1.165) is 4.90 Å². The molecule has 1 N–H and O–H groups in total. The summed E-state index contributed by atoms with van der Waals surface area (Å²) >= 11 is 6.12. The van der Waals surface area contributed by atoms with Crippen LogP contribution < -0.4 is 14.8 Å². The number of carbonyl (C=O) groups excluding carboxylic acids is 3. The number of fused-ring (bicyclic) bond motifs is 1. The number of amides is 2. The second kappa shape index (κ2) is 9.10. The third kappa shape index (κ3) is 5.38. The molecule has 2 amide bonds. The van der Waals surface area contributed by atoms with E-state index in [0.29, 0.717) is 35.3 Å². The van der Waals surface area contributed by atoms with Gasteiger partial charge in [0.15, 0.2) is 18.1 Å². The molecule has 0 saturated heterocycles. The molecule has 2 rings (SSSR count). The Morgan fingerprint density at radius 1 is 1.31 bits per heavy atom. The Labute approximate surface area is 155 Å². The number of ether oxygens (including phenoxy) is 3. The molecule has 0 aromatic heterocycles. The van der Waals surface area contributed by atoms with Crippen molar-refractivity contribution in [1.29, 1.82) is 0 Å². The minimum atomic E-state index is -0.697. The Balaban J connectivity index is 1.88. The van der Waals surface area contributed by atoms with Crippen molar-refractivity contribution in [1.82, 2.24) is 10.2 Å². The van der Waals surface area contributed by atoms with Crippen LogP contribution in [0.3, 0.4) is 0 Å². The van der Waals surface area contributed by atoms with Gasteiger partial charge in [0.05, 0.1) is 11.6 Å². The molecule has 0 spiro atoms. The Morgan fingerprint density at radius 3 is 2.77 bits per heavy atom. The first-order valence-corrected chi connectivity index (χ1v) is 8.17. The van der Waals surface area contributed by atoms with E-state index in [2.05, 4.69) is 5.32 Å². The summed E-state index contributed by atoms with van der Waals surface area (Å²) in [6, 6.07) is 3.31. The standard InChI is InChI=1S/C17H19ClN2O6/c1-19-14(21)9-20(2)15(22)10-26-16(23)4-3-11-7-12(18)17-13(8-11)24-5-6-25-17/h3-4,7-8H,5-6,9-10H2,1-2H3,(H,19,21)/b4-3+. The van der Waals surface area contributed by atoms with E-state index in [4.69, 9.17) is 25.8 Å². The van der Waals surface area contributed by atoms with Gasteiger partial charge < -0.3 is 24.4 Å². The maximum atomic E-state index is 11.8. The fraction of sp³-hybridized carbons (Fsp3) is 0.353. The maximum Gasteiger partial charge on any atom is 0.331 e. The van der Waals surface area contributed by atoms with Crippen LogP contribution in [0.15, 0.2) is 18.2 Å². The van der Waals surface area contributed by atoms with Crippen molar-refractivity contribution in [3.05, 3.63) is 28.8 Å². The molecule has 0 atom stereocenters. The lowest BCUT2D eigenvalue weighted by Crippen LogP contribution is -2.38. The first-order valence-electron chi connectivity index (χ1n) is 7.79. The summed E-state index contributed by atoms with van der Waals surface area (Å²) in [6.07, 6.45) is 2.67. The van der Waals surface area contributed by atoms with Gasteiger partial charge in [0.2, 0.25) is 5.91 Å². The predicted molar refractivity (Wildman–Crippen MR) is 94.1 cm³/mol. The number of likely N-dealkylation sites (N-methyl/N-ethyl adjacent to an activating group) is 2. The van der Waals surface area contributed by atoms with Gasteiger partial charge in [-0.15, -0.1) is 0 Å². The van der Waals surface area contributed by atoms with E-state index in [1.807, 2.05) is 0 Å². The van der Waals surface area contributed by atoms with E-state index < -0.39 is 18.5 Å². The quantitative estimate of drug-likeness (QED) is 0.579. The SMILES string of the molecule is CNC(=O)CN(C)C(=O)COC(=O)/C=C/c1cc(Cl)c2c(c1)OCCO2. The number of rotatable bonds is 6. The molecule has 0 saturated carbocycles. The number of halogens is 1. The van der Waals surface area contributed by atoms with Crippen LogP contribution in [-0.2, 0) is 19.1 Å². The lowest BCUT2D eigenvalue weighted by atomic mass is 10.2. The van der Waals surface area contributed by atoms with Gasteiger partial charge in [-0.05, 0) is 23.8 Å². The molecule has 1 aliphatic rings. The number of carbonyl (C=O) groups is 3. The summed E-state index contributed by atoms with van der Waals surface area (Å²) < 4.78 is 15.7. The van der Waals surface area contributed by atoms with E-state index >= 15 is 0 Å². The number of nitrogens with one attached hydrogen (secondary N) is 1. The average Bonchev–Trinajstić information content (AvgIpc) is 2.64. The van der Waals surface area contributed by atoms with Crippen LogP contribution in [-0.4, -0.2) is 63.1 Å². The van der Waals surface area contributed by atoms with Crippen molar-refractivity contribution in [2.24, 2.45) is 0 Å². The number of esters is 1. The fourth-order valence-corrected chi connectivity index (χ4v) is 2.34. The van der Waals surface area contributed by atoms with Crippen LogP contribution in [0, 0.1) is 0 Å². The molecule has 1 aromatic carbocycles. The largest absolute Gasteiger partial charge is 0.486 e. The first-order chi connectivity index (χ1) is 12.4. The number of benzene rings is 1. The van der Waals surface area contributed by atoms with Gasteiger partial charge in [-0.2, -0.15) is 0 Å². The first kappa shape index (κ1) is 19.6. The Kier molecular flexibility index (Phi) is 6.85. The molecular formula is C17H19ClN2O6. The Hall–Kier alpha value is -2.74. The van der Waals surface area contributed by atoms with Crippen LogP contribution in [0.5, 0.6) is 11.5 Å². The summed E-state index contributed by atoms with van der Waals surface area (Å²) in [5, 5.41) is 2.77. The van der Waals surface area contributed by atoms with E-state index in [1.54, 1.807) is 12.1 Å². The second-order valence-electron chi connectivity index (χ2n) is 5.39. The summed E-state index contributed by atoms with van der Waals surface area (Å²) in [6.45, 7) is 0.276. The third-order valence-electron chi connectivity index (χ3n) is 3.45. The molecule has 0 radical (unpaired) electrons. The topological polar surface area (TPSA) is 94.2 Å². The zero-order valence-corrected chi connectivity index (χ0v) is 15.2. The normalized spacial score (nSPS) is 12.6. The number of hydrogen-bond donors (Lipinski definition) is 1. The van der Waals surface area contributed by atoms with Gasteiger partial charge >= 0.3 is 5.97 Å². The van der Waals surface area contributed by atoms with Gasteiger partial charge in [0.1, 0.15) is 13.2 Å². The molecule has 9 heteroatoms. The summed E-state index contributed by atoms with van der Waals surface area (Å²) in [4.78, 5) is 35.9. The molecule has 0 bridgehead atoms. The van der Waals surface area contributed by atoms with Crippen molar-refractivity contribution >= 4 is 35.5 Å². The second-order valence-corrected chi connectivity index (χ2v) is 5.80. The minimum Gasteiger partial charge on any atom is -0.486 e. The van der Waals surface area contributed by atoms with Crippen LogP contribution in [0.1, 0.15) is 5.56 Å². The zero-order chi connectivity index (χ0) is 19.1. The van der Waals surface area contributed by atoms with Gasteiger partial charge in [-0.1, -0.05) is 11.6 Å². The van der Waals surface area contributed by atoms with Gasteiger partial charge in [0.25, 0.3) is 5.91 Å². The summed E-state index contributed by atoms with van der Waals surface area (Å²) in [5.74, 6) is -0.525. The summed E-state index contributed by atoms with van der Waals surface area (Å²) in [7, 11) is 2.91. The molecule has 8 nitrogen and oxygen atoms in total. The lowest BCUT2D eigenvalue weighted by Gasteiger charge is -2.19. The molecule has 0 unspecified atom stereocenters. The zero-order valence-electron chi connectivity index (χ0n) is 14.4. The highest BCUT2D eigenvalue weighted by atomic mass is 35.5. The maximum absolute atomic E-state index is 11.8. The van der Waals surface area contributed by atoms with Crippen molar-refractivity contribution in [3.63, 3.8) is 0 Å². The predicted octanol–water partition coefficient (Wildman–Crippen LogP) is 0.872. The molecular weight excluding hydrogens is 364 g/mol. The molecule has 1 aromatic rings. The van der Waals surface area contributed by atoms with Crippen molar-refractivity contribution in [2.45, 2.75) is 0 Å². The van der Waals surface area contributed by atoms with Crippen molar-refractivity contribution in [2.75, 3.05) is 40.5 Å². The highest BCUT2D eigenvalue weighted by Crippen LogP contribution is 2.38. The third-order valence-corrected chi connectivity index (χ3v) is 3.74.